The summed E-state index contributed by atoms with van der Waals surface area (Å²) in [6.07, 6.45) is 2.71. The molecule has 5 rings (SSSR count). The van der Waals surface area contributed by atoms with Crippen LogP contribution in [-0.4, -0.2) is 22.9 Å². The molecule has 0 fully saturated rings. The van der Waals surface area contributed by atoms with Crippen LogP contribution in [0.5, 0.6) is 0 Å². The normalized spacial score (nSPS) is 12.5. The summed E-state index contributed by atoms with van der Waals surface area (Å²) in [6, 6.07) is 20.6. The molecule has 7 heteroatoms. The van der Waals surface area contributed by atoms with Crippen LogP contribution in [0.3, 0.4) is 0 Å². The lowest BCUT2D eigenvalue weighted by Crippen LogP contribution is -2.32. The molecular formula is C27H21ClFN3O2. The Morgan fingerprint density at radius 1 is 0.971 bits per heavy atom. The highest BCUT2D eigenvalue weighted by molar-refractivity contribution is 6.34. The lowest BCUT2D eigenvalue weighted by molar-refractivity contribution is 0.0986. The molecule has 0 saturated carbocycles. The van der Waals surface area contributed by atoms with Gasteiger partial charge in [0.05, 0.1) is 22.1 Å². The third-order valence-electron chi connectivity index (χ3n) is 6.01. The van der Waals surface area contributed by atoms with Crippen molar-refractivity contribution in [3.05, 3.63) is 112 Å². The zero-order valence-corrected chi connectivity index (χ0v) is 19.1. The van der Waals surface area contributed by atoms with E-state index in [1.165, 1.54) is 12.1 Å². The number of fused-ring (bicyclic) bond motifs is 3. The van der Waals surface area contributed by atoms with E-state index in [4.69, 9.17) is 11.6 Å². The van der Waals surface area contributed by atoms with Crippen LogP contribution in [0.1, 0.15) is 32.0 Å². The maximum absolute atomic E-state index is 13.6. The summed E-state index contributed by atoms with van der Waals surface area (Å²) < 4.78 is 15.7. The molecule has 170 valence electrons. The monoisotopic (exact) mass is 473 g/mol. The van der Waals surface area contributed by atoms with Crippen LogP contribution in [0.2, 0.25) is 5.02 Å². The number of aromatic nitrogens is 1. The van der Waals surface area contributed by atoms with Crippen molar-refractivity contribution in [2.45, 2.75) is 13.3 Å². The van der Waals surface area contributed by atoms with E-state index < -0.39 is 11.7 Å². The molecule has 1 aromatic heterocycles. The Morgan fingerprint density at radius 2 is 1.76 bits per heavy atom. The molecule has 0 bridgehead atoms. The van der Waals surface area contributed by atoms with Gasteiger partial charge in [0.25, 0.3) is 11.8 Å². The topological polar surface area (TPSA) is 54.3 Å². The number of para-hydroxylation sites is 2. The molecule has 0 spiro atoms. The predicted molar refractivity (Wildman–Crippen MR) is 132 cm³/mol. The number of rotatable bonds is 3. The molecule has 0 aliphatic carbocycles. The molecule has 1 N–H and O–H groups in total. The number of nitrogens with zero attached hydrogens (tertiary/aromatic N) is 2. The summed E-state index contributed by atoms with van der Waals surface area (Å²) in [5.74, 6) is -1.15. The molecule has 2 heterocycles. The standard InChI is InChI=1S/C27H21ClFN3O2/c1-17-8-10-19(29)16-21(17)26(33)30-23-11-9-18(15-22(23)28)27(34)32-14-12-20-5-4-13-31(20)24-6-2-3-7-25(24)32/h2-11,13,15-16H,12,14H2,1H3,(H,30,33). The third-order valence-corrected chi connectivity index (χ3v) is 6.32. The van der Waals surface area contributed by atoms with E-state index in [2.05, 4.69) is 16.0 Å². The number of amides is 2. The number of carbonyl (C=O) groups excluding carboxylic acids is 2. The van der Waals surface area contributed by atoms with Gasteiger partial charge in [-0.25, -0.2) is 4.39 Å². The number of benzene rings is 3. The first-order chi connectivity index (χ1) is 16.4. The predicted octanol–water partition coefficient (Wildman–Crippen LogP) is 6.03. The second-order valence-electron chi connectivity index (χ2n) is 8.17. The minimum Gasteiger partial charge on any atom is -0.321 e. The van der Waals surface area contributed by atoms with Crippen molar-refractivity contribution in [1.29, 1.82) is 0 Å². The van der Waals surface area contributed by atoms with Crippen molar-refractivity contribution in [1.82, 2.24) is 4.57 Å². The zero-order chi connectivity index (χ0) is 23.8. The first-order valence-corrected chi connectivity index (χ1v) is 11.2. The Balaban J connectivity index is 1.41. The smallest absolute Gasteiger partial charge is 0.258 e. The fourth-order valence-electron chi connectivity index (χ4n) is 4.24. The number of carbonyl (C=O) groups is 2. The second-order valence-corrected chi connectivity index (χ2v) is 8.58. The summed E-state index contributed by atoms with van der Waals surface area (Å²) >= 11 is 6.44. The summed E-state index contributed by atoms with van der Waals surface area (Å²) in [5.41, 5.74) is 4.51. The molecule has 34 heavy (non-hydrogen) atoms. The molecule has 0 saturated heterocycles. The number of anilines is 2. The number of halogens is 2. The molecule has 1 aliphatic rings. The molecule has 4 aromatic rings. The summed E-state index contributed by atoms with van der Waals surface area (Å²) in [4.78, 5) is 27.9. The van der Waals surface area contributed by atoms with E-state index in [-0.39, 0.29) is 16.5 Å². The molecule has 0 atom stereocenters. The molecule has 2 amide bonds. The van der Waals surface area contributed by atoms with Crippen LogP contribution < -0.4 is 10.2 Å². The van der Waals surface area contributed by atoms with E-state index in [0.29, 0.717) is 29.8 Å². The van der Waals surface area contributed by atoms with Crippen LogP contribution in [0.25, 0.3) is 5.69 Å². The van der Waals surface area contributed by atoms with Gasteiger partial charge in [-0.15, -0.1) is 0 Å². The first kappa shape index (κ1) is 21.9. The van der Waals surface area contributed by atoms with Crippen molar-refractivity contribution >= 4 is 34.8 Å². The van der Waals surface area contributed by atoms with Gasteiger partial charge in [-0.2, -0.15) is 0 Å². The average Bonchev–Trinajstić information content (AvgIpc) is 3.24. The van der Waals surface area contributed by atoms with Gasteiger partial charge in [0.15, 0.2) is 0 Å². The van der Waals surface area contributed by atoms with Gasteiger partial charge in [-0.3, -0.25) is 9.59 Å². The molecule has 0 radical (unpaired) electrons. The maximum atomic E-state index is 13.6. The first-order valence-electron chi connectivity index (χ1n) is 10.9. The Labute approximate surface area is 201 Å². The minimum absolute atomic E-state index is 0.182. The van der Waals surface area contributed by atoms with Crippen molar-refractivity contribution < 1.29 is 14.0 Å². The quantitative estimate of drug-likeness (QED) is 0.395. The third kappa shape index (κ3) is 3.97. The Hall–Kier alpha value is -3.90. The minimum atomic E-state index is -0.493. The van der Waals surface area contributed by atoms with E-state index in [9.17, 15) is 14.0 Å². The van der Waals surface area contributed by atoms with Gasteiger partial charge in [0, 0.05) is 36.0 Å². The van der Waals surface area contributed by atoms with Gasteiger partial charge in [0.1, 0.15) is 5.82 Å². The SMILES string of the molecule is Cc1ccc(F)cc1C(=O)Nc1ccc(C(=O)N2CCc3cccn3-c3ccccc32)cc1Cl. The molecular weight excluding hydrogens is 453 g/mol. The van der Waals surface area contributed by atoms with Crippen LogP contribution in [-0.2, 0) is 6.42 Å². The summed E-state index contributed by atoms with van der Waals surface area (Å²) in [5, 5.41) is 2.93. The fraction of sp³-hybridized carbons (Fsp3) is 0.111. The van der Waals surface area contributed by atoms with E-state index in [0.717, 1.165) is 17.1 Å². The highest BCUT2D eigenvalue weighted by atomic mass is 35.5. The van der Waals surface area contributed by atoms with Crippen molar-refractivity contribution in [2.75, 3.05) is 16.8 Å². The average molecular weight is 474 g/mol. The molecule has 3 aromatic carbocycles. The van der Waals surface area contributed by atoms with Crippen LogP contribution in [0.4, 0.5) is 15.8 Å². The fourth-order valence-corrected chi connectivity index (χ4v) is 4.47. The Morgan fingerprint density at radius 3 is 2.56 bits per heavy atom. The summed E-state index contributed by atoms with van der Waals surface area (Å²) in [6.45, 7) is 2.25. The molecule has 0 unspecified atom stereocenters. The van der Waals surface area contributed by atoms with Gasteiger partial charge in [0.2, 0.25) is 0 Å². The largest absolute Gasteiger partial charge is 0.321 e. The van der Waals surface area contributed by atoms with Gasteiger partial charge in [-0.1, -0.05) is 29.8 Å². The van der Waals surface area contributed by atoms with E-state index in [1.807, 2.05) is 36.5 Å². The second kappa shape index (κ2) is 8.80. The molecule has 1 aliphatic heterocycles. The number of aryl methyl sites for hydroxylation is 1. The summed E-state index contributed by atoms with van der Waals surface area (Å²) in [7, 11) is 0. The van der Waals surface area contributed by atoms with Gasteiger partial charge >= 0.3 is 0 Å². The number of nitrogens with one attached hydrogen (secondary N) is 1. The van der Waals surface area contributed by atoms with Crippen LogP contribution in [0.15, 0.2) is 79.0 Å². The number of hydrogen-bond donors (Lipinski definition) is 1. The van der Waals surface area contributed by atoms with Crippen LogP contribution in [0, 0.1) is 12.7 Å². The zero-order valence-electron chi connectivity index (χ0n) is 18.4. The van der Waals surface area contributed by atoms with Crippen molar-refractivity contribution in [3.63, 3.8) is 0 Å². The number of hydrogen-bond acceptors (Lipinski definition) is 2. The highest BCUT2D eigenvalue weighted by Crippen LogP contribution is 2.32. The van der Waals surface area contributed by atoms with Crippen molar-refractivity contribution in [3.8, 4) is 5.69 Å². The van der Waals surface area contributed by atoms with E-state index >= 15 is 0 Å². The van der Waals surface area contributed by atoms with E-state index in [1.54, 1.807) is 36.1 Å². The van der Waals surface area contributed by atoms with Crippen LogP contribution >= 0.6 is 11.6 Å². The van der Waals surface area contributed by atoms with Gasteiger partial charge in [-0.05, 0) is 67.1 Å². The Bertz CT molecular complexity index is 1430. The molecule has 5 nitrogen and oxygen atoms in total. The lowest BCUT2D eigenvalue weighted by atomic mass is 10.1. The van der Waals surface area contributed by atoms with Gasteiger partial charge < -0.3 is 14.8 Å². The maximum Gasteiger partial charge on any atom is 0.258 e. The van der Waals surface area contributed by atoms with Crippen molar-refractivity contribution in [2.24, 2.45) is 0 Å². The lowest BCUT2D eigenvalue weighted by Gasteiger charge is -2.23. The highest BCUT2D eigenvalue weighted by Gasteiger charge is 2.25. The Kier molecular flexibility index (Phi) is 5.67.